The maximum absolute atomic E-state index is 8.87. The van der Waals surface area contributed by atoms with Crippen molar-refractivity contribution in [2.75, 3.05) is 36.5 Å². The zero-order chi connectivity index (χ0) is 13.5. The van der Waals surface area contributed by atoms with Gasteiger partial charge < -0.3 is 15.3 Å². The molecule has 1 saturated heterocycles. The number of hydrogen-bond donors (Lipinski definition) is 2. The molecule has 2 heterocycles. The summed E-state index contributed by atoms with van der Waals surface area (Å²) < 4.78 is 0. The fourth-order valence-electron chi connectivity index (χ4n) is 4.67. The highest BCUT2D eigenvalue weighted by Crippen LogP contribution is 2.55. The van der Waals surface area contributed by atoms with Crippen molar-refractivity contribution in [3.05, 3.63) is 12.4 Å². The fraction of sp³-hybridized carbons (Fsp3) is 0.733. The van der Waals surface area contributed by atoms with Gasteiger partial charge in [0.15, 0.2) is 0 Å². The van der Waals surface area contributed by atoms with Gasteiger partial charge in [0.25, 0.3) is 0 Å². The van der Waals surface area contributed by atoms with Crippen molar-refractivity contribution < 1.29 is 5.11 Å². The molecular formula is C15H22N4O. The molecule has 2 bridgehead atoms. The first kappa shape index (κ1) is 12.4. The second kappa shape index (κ2) is 4.88. The molecule has 2 N–H and O–H groups in total. The molecule has 5 nitrogen and oxygen atoms in total. The molecule has 4 atom stereocenters. The predicted molar refractivity (Wildman–Crippen MR) is 77.6 cm³/mol. The van der Waals surface area contributed by atoms with E-state index in [0.29, 0.717) is 6.54 Å². The lowest BCUT2D eigenvalue weighted by atomic mass is 9.82. The Hall–Kier alpha value is -1.36. The van der Waals surface area contributed by atoms with Crippen LogP contribution in [0.5, 0.6) is 0 Å². The van der Waals surface area contributed by atoms with Crippen molar-refractivity contribution in [1.29, 1.82) is 0 Å². The van der Waals surface area contributed by atoms with Crippen LogP contribution >= 0.6 is 0 Å². The normalized spacial score (nSPS) is 34.5. The first-order valence-corrected chi connectivity index (χ1v) is 7.77. The topological polar surface area (TPSA) is 61.3 Å². The van der Waals surface area contributed by atoms with E-state index in [0.717, 1.165) is 35.3 Å². The summed E-state index contributed by atoms with van der Waals surface area (Å²) in [7, 11) is 0. The van der Waals surface area contributed by atoms with Crippen LogP contribution in [0.3, 0.4) is 0 Å². The first-order valence-electron chi connectivity index (χ1n) is 7.77. The Bertz CT molecular complexity index is 477. The summed E-state index contributed by atoms with van der Waals surface area (Å²) in [5.41, 5.74) is 0. The lowest BCUT2D eigenvalue weighted by molar-refractivity contribution is 0.281. The van der Waals surface area contributed by atoms with Gasteiger partial charge in [0.05, 0.1) is 6.61 Å². The van der Waals surface area contributed by atoms with E-state index < -0.39 is 0 Å². The second-order valence-corrected chi connectivity index (χ2v) is 6.48. The number of nitrogens with one attached hydrogen (secondary N) is 1. The van der Waals surface area contributed by atoms with Gasteiger partial charge in [-0.2, -0.15) is 0 Å². The van der Waals surface area contributed by atoms with E-state index in [2.05, 4.69) is 20.2 Å². The summed E-state index contributed by atoms with van der Waals surface area (Å²) in [6.45, 7) is 2.99. The SMILES string of the molecule is OCCNc1cc(N2C[C@@H]3[C@@H]4CC[C@@H](C4)[C@@H]3C2)ncn1. The second-order valence-electron chi connectivity index (χ2n) is 6.48. The summed E-state index contributed by atoms with van der Waals surface area (Å²) in [5.74, 6) is 5.60. The van der Waals surface area contributed by atoms with Gasteiger partial charge in [-0.1, -0.05) is 0 Å². The molecule has 0 spiro atoms. The molecule has 1 aromatic rings. The summed E-state index contributed by atoms with van der Waals surface area (Å²) in [6, 6.07) is 2.01. The number of aromatic nitrogens is 2. The summed E-state index contributed by atoms with van der Waals surface area (Å²) in [5, 5.41) is 12.0. The summed E-state index contributed by atoms with van der Waals surface area (Å²) in [6.07, 6.45) is 6.01. The molecule has 5 heteroatoms. The first-order chi connectivity index (χ1) is 9.85. The highest BCUT2D eigenvalue weighted by atomic mass is 16.3. The van der Waals surface area contributed by atoms with E-state index in [1.165, 1.54) is 32.4 Å². The van der Waals surface area contributed by atoms with Crippen molar-refractivity contribution in [2.45, 2.75) is 19.3 Å². The average Bonchev–Trinajstić information content (AvgIpc) is 3.17. The molecule has 0 radical (unpaired) electrons. The third-order valence-electron chi connectivity index (χ3n) is 5.53. The fourth-order valence-corrected chi connectivity index (χ4v) is 4.67. The van der Waals surface area contributed by atoms with Crippen molar-refractivity contribution in [3.8, 4) is 0 Å². The maximum atomic E-state index is 8.87. The molecule has 20 heavy (non-hydrogen) atoms. The highest BCUT2D eigenvalue weighted by Gasteiger charge is 2.51. The number of rotatable bonds is 4. The minimum absolute atomic E-state index is 0.122. The molecule has 0 aromatic carbocycles. The molecule has 1 aromatic heterocycles. The zero-order valence-electron chi connectivity index (χ0n) is 11.7. The molecule has 2 saturated carbocycles. The van der Waals surface area contributed by atoms with Gasteiger partial charge in [-0.15, -0.1) is 0 Å². The predicted octanol–water partition coefficient (Wildman–Crippen LogP) is 1.36. The monoisotopic (exact) mass is 274 g/mol. The minimum atomic E-state index is 0.122. The Labute approximate surface area is 119 Å². The van der Waals surface area contributed by atoms with Gasteiger partial charge in [0.1, 0.15) is 18.0 Å². The Morgan fingerprint density at radius 2 is 1.95 bits per heavy atom. The van der Waals surface area contributed by atoms with Crippen LogP contribution in [0.15, 0.2) is 12.4 Å². The van der Waals surface area contributed by atoms with Gasteiger partial charge in [0.2, 0.25) is 0 Å². The molecule has 1 aliphatic heterocycles. The lowest BCUT2D eigenvalue weighted by Crippen LogP contribution is -2.23. The van der Waals surface area contributed by atoms with Crippen LogP contribution in [0.4, 0.5) is 11.6 Å². The molecular weight excluding hydrogens is 252 g/mol. The van der Waals surface area contributed by atoms with E-state index in [-0.39, 0.29) is 6.61 Å². The van der Waals surface area contributed by atoms with Crippen molar-refractivity contribution >= 4 is 11.6 Å². The largest absolute Gasteiger partial charge is 0.395 e. The molecule has 3 aliphatic rings. The average molecular weight is 274 g/mol. The smallest absolute Gasteiger partial charge is 0.134 e. The Morgan fingerprint density at radius 3 is 2.65 bits per heavy atom. The standard InChI is InChI=1S/C15H22N4O/c20-4-3-16-14-6-15(18-9-17-14)19-7-12-10-1-2-11(5-10)13(12)8-19/h6,9-13,20H,1-5,7-8H2,(H,16,17,18)/t10-,11+,12-,13+. The number of aliphatic hydroxyl groups is 1. The summed E-state index contributed by atoms with van der Waals surface area (Å²) >= 11 is 0. The van der Waals surface area contributed by atoms with Crippen molar-refractivity contribution in [3.63, 3.8) is 0 Å². The van der Waals surface area contributed by atoms with Crippen LogP contribution in [0.2, 0.25) is 0 Å². The zero-order valence-corrected chi connectivity index (χ0v) is 11.7. The number of nitrogens with zero attached hydrogens (tertiary/aromatic N) is 3. The third kappa shape index (κ3) is 1.95. The van der Waals surface area contributed by atoms with Gasteiger partial charge >= 0.3 is 0 Å². The number of anilines is 2. The maximum Gasteiger partial charge on any atom is 0.134 e. The van der Waals surface area contributed by atoms with Crippen LogP contribution in [-0.2, 0) is 0 Å². The number of hydrogen-bond acceptors (Lipinski definition) is 5. The van der Waals surface area contributed by atoms with E-state index >= 15 is 0 Å². The van der Waals surface area contributed by atoms with Gasteiger partial charge in [-0.25, -0.2) is 9.97 Å². The van der Waals surface area contributed by atoms with Gasteiger partial charge in [0, 0.05) is 25.7 Å². The molecule has 2 aliphatic carbocycles. The van der Waals surface area contributed by atoms with Crippen LogP contribution in [-0.4, -0.2) is 41.3 Å². The molecule has 3 fully saturated rings. The highest BCUT2D eigenvalue weighted by molar-refractivity contribution is 5.49. The Kier molecular flexibility index (Phi) is 3.02. The number of aliphatic hydroxyl groups excluding tert-OH is 1. The van der Waals surface area contributed by atoms with Crippen LogP contribution < -0.4 is 10.2 Å². The van der Waals surface area contributed by atoms with Gasteiger partial charge in [-0.3, -0.25) is 0 Å². The lowest BCUT2D eigenvalue weighted by Gasteiger charge is -2.22. The third-order valence-corrected chi connectivity index (χ3v) is 5.53. The molecule has 108 valence electrons. The quantitative estimate of drug-likeness (QED) is 0.868. The molecule has 0 amide bonds. The molecule has 0 unspecified atom stereocenters. The minimum Gasteiger partial charge on any atom is -0.395 e. The van der Waals surface area contributed by atoms with Crippen LogP contribution in [0, 0.1) is 23.7 Å². The summed E-state index contributed by atoms with van der Waals surface area (Å²) in [4.78, 5) is 11.1. The Balaban J connectivity index is 1.49. The van der Waals surface area contributed by atoms with E-state index in [1.807, 2.05) is 6.07 Å². The van der Waals surface area contributed by atoms with Crippen molar-refractivity contribution in [2.24, 2.45) is 23.7 Å². The van der Waals surface area contributed by atoms with Crippen LogP contribution in [0.25, 0.3) is 0 Å². The Morgan fingerprint density at radius 1 is 1.20 bits per heavy atom. The van der Waals surface area contributed by atoms with Gasteiger partial charge in [-0.05, 0) is 42.9 Å². The number of fused-ring (bicyclic) bond motifs is 5. The molecule has 4 rings (SSSR count). The van der Waals surface area contributed by atoms with Crippen LogP contribution in [0.1, 0.15) is 19.3 Å². The van der Waals surface area contributed by atoms with Crippen molar-refractivity contribution in [1.82, 2.24) is 9.97 Å². The van der Waals surface area contributed by atoms with E-state index in [4.69, 9.17) is 5.11 Å². The van der Waals surface area contributed by atoms with E-state index in [1.54, 1.807) is 6.33 Å². The van der Waals surface area contributed by atoms with E-state index in [9.17, 15) is 0 Å².